The van der Waals surface area contributed by atoms with Gasteiger partial charge in [0, 0.05) is 0 Å². The zero-order valence-corrected chi connectivity index (χ0v) is 10.2. The molecule has 3 heteroatoms. The molecule has 1 atom stereocenters. The van der Waals surface area contributed by atoms with Crippen molar-refractivity contribution in [2.75, 3.05) is 0 Å². The predicted octanol–water partition coefficient (Wildman–Crippen LogP) is 2.53. The van der Waals surface area contributed by atoms with E-state index in [4.69, 9.17) is 9.47 Å². The van der Waals surface area contributed by atoms with E-state index >= 15 is 0 Å². The minimum atomic E-state index is -0.137. The van der Waals surface area contributed by atoms with Crippen molar-refractivity contribution in [2.24, 2.45) is 5.92 Å². The van der Waals surface area contributed by atoms with Crippen molar-refractivity contribution in [3.8, 4) is 0 Å². The zero-order chi connectivity index (χ0) is 11.4. The quantitative estimate of drug-likeness (QED) is 0.637. The fourth-order valence-corrected chi connectivity index (χ4v) is 1.62. The standard InChI is InChI=1S/C12H22O3/c1-8(2)14-11(10-5-6-10)7-12(13)15-9(3)4/h8-11H,5-7H2,1-4H3. The van der Waals surface area contributed by atoms with E-state index in [1.807, 2.05) is 27.7 Å². The van der Waals surface area contributed by atoms with Gasteiger partial charge in [-0.3, -0.25) is 4.79 Å². The zero-order valence-electron chi connectivity index (χ0n) is 10.2. The Bertz CT molecular complexity index is 207. The van der Waals surface area contributed by atoms with Gasteiger partial charge in [-0.05, 0) is 46.5 Å². The van der Waals surface area contributed by atoms with Gasteiger partial charge in [0.25, 0.3) is 0 Å². The van der Waals surface area contributed by atoms with Gasteiger partial charge >= 0.3 is 5.97 Å². The van der Waals surface area contributed by atoms with Crippen LogP contribution in [0.25, 0.3) is 0 Å². The van der Waals surface area contributed by atoms with Gasteiger partial charge < -0.3 is 9.47 Å². The second kappa shape index (κ2) is 5.50. The monoisotopic (exact) mass is 214 g/mol. The molecular weight excluding hydrogens is 192 g/mol. The van der Waals surface area contributed by atoms with E-state index in [9.17, 15) is 4.79 Å². The molecule has 0 amide bonds. The predicted molar refractivity (Wildman–Crippen MR) is 58.6 cm³/mol. The van der Waals surface area contributed by atoms with Crippen LogP contribution < -0.4 is 0 Å². The average molecular weight is 214 g/mol. The number of esters is 1. The van der Waals surface area contributed by atoms with Crippen LogP contribution in [0.5, 0.6) is 0 Å². The lowest BCUT2D eigenvalue weighted by atomic mass is 10.1. The maximum atomic E-state index is 11.5. The van der Waals surface area contributed by atoms with E-state index in [0.717, 1.165) is 0 Å². The Morgan fingerprint density at radius 1 is 1.20 bits per heavy atom. The maximum Gasteiger partial charge on any atom is 0.308 e. The topological polar surface area (TPSA) is 35.5 Å². The summed E-state index contributed by atoms with van der Waals surface area (Å²) in [7, 11) is 0. The van der Waals surface area contributed by atoms with Crippen molar-refractivity contribution in [1.82, 2.24) is 0 Å². The Morgan fingerprint density at radius 2 is 1.80 bits per heavy atom. The van der Waals surface area contributed by atoms with E-state index in [-0.39, 0.29) is 24.3 Å². The van der Waals surface area contributed by atoms with Gasteiger partial charge in [0.1, 0.15) is 0 Å². The lowest BCUT2D eigenvalue weighted by molar-refractivity contribution is -0.151. The summed E-state index contributed by atoms with van der Waals surface area (Å²) in [6.07, 6.45) is 3.00. The molecule has 0 aromatic carbocycles. The lowest BCUT2D eigenvalue weighted by Crippen LogP contribution is -2.25. The highest BCUT2D eigenvalue weighted by molar-refractivity contribution is 5.70. The molecule has 0 aromatic heterocycles. The van der Waals surface area contributed by atoms with Crippen LogP contribution in [0.3, 0.4) is 0 Å². The fourth-order valence-electron chi connectivity index (χ4n) is 1.62. The van der Waals surface area contributed by atoms with Gasteiger partial charge in [-0.15, -0.1) is 0 Å². The normalized spacial score (nSPS) is 18.3. The number of hydrogen-bond donors (Lipinski definition) is 0. The Balaban J connectivity index is 2.33. The third kappa shape index (κ3) is 5.17. The lowest BCUT2D eigenvalue weighted by Gasteiger charge is -2.19. The molecule has 1 saturated carbocycles. The molecule has 1 fully saturated rings. The highest BCUT2D eigenvalue weighted by Crippen LogP contribution is 2.36. The van der Waals surface area contributed by atoms with Crippen LogP contribution >= 0.6 is 0 Å². The molecule has 1 rings (SSSR count). The Kier molecular flexibility index (Phi) is 4.58. The molecule has 0 aliphatic heterocycles. The number of carbonyl (C=O) groups excluding carboxylic acids is 1. The number of rotatable bonds is 6. The van der Waals surface area contributed by atoms with E-state index in [2.05, 4.69) is 0 Å². The summed E-state index contributed by atoms with van der Waals surface area (Å²) in [6.45, 7) is 7.74. The molecule has 0 heterocycles. The first-order chi connectivity index (χ1) is 6.99. The molecule has 1 unspecified atom stereocenters. The molecule has 3 nitrogen and oxygen atoms in total. The summed E-state index contributed by atoms with van der Waals surface area (Å²) in [5.74, 6) is 0.440. The summed E-state index contributed by atoms with van der Waals surface area (Å²) in [6, 6.07) is 0. The van der Waals surface area contributed by atoms with Gasteiger partial charge in [0.15, 0.2) is 0 Å². The molecule has 0 N–H and O–H groups in total. The fraction of sp³-hybridized carbons (Fsp3) is 0.917. The molecule has 15 heavy (non-hydrogen) atoms. The van der Waals surface area contributed by atoms with E-state index in [0.29, 0.717) is 12.3 Å². The molecular formula is C12H22O3. The molecule has 1 aliphatic rings. The van der Waals surface area contributed by atoms with Crippen LogP contribution in [-0.2, 0) is 14.3 Å². The molecule has 88 valence electrons. The molecule has 0 saturated heterocycles. The first kappa shape index (κ1) is 12.5. The number of carbonyl (C=O) groups is 1. The van der Waals surface area contributed by atoms with Gasteiger partial charge in [-0.1, -0.05) is 0 Å². The smallest absolute Gasteiger partial charge is 0.308 e. The van der Waals surface area contributed by atoms with Gasteiger partial charge in [0.2, 0.25) is 0 Å². The van der Waals surface area contributed by atoms with Crippen LogP contribution in [0.1, 0.15) is 47.0 Å². The van der Waals surface area contributed by atoms with Crippen LogP contribution in [-0.4, -0.2) is 24.3 Å². The van der Waals surface area contributed by atoms with Crippen LogP contribution in [0.15, 0.2) is 0 Å². The number of ether oxygens (including phenoxy) is 2. The summed E-state index contributed by atoms with van der Waals surface area (Å²) in [5, 5.41) is 0. The van der Waals surface area contributed by atoms with Crippen LogP contribution in [0.4, 0.5) is 0 Å². The second-order valence-corrected chi connectivity index (χ2v) is 4.80. The van der Waals surface area contributed by atoms with E-state index < -0.39 is 0 Å². The van der Waals surface area contributed by atoms with Gasteiger partial charge in [-0.25, -0.2) is 0 Å². The van der Waals surface area contributed by atoms with E-state index in [1.165, 1.54) is 12.8 Å². The average Bonchev–Trinajstić information content (AvgIpc) is 2.81. The van der Waals surface area contributed by atoms with Crippen LogP contribution in [0, 0.1) is 5.92 Å². The van der Waals surface area contributed by atoms with Gasteiger partial charge in [0.05, 0.1) is 24.7 Å². The summed E-state index contributed by atoms with van der Waals surface area (Å²) in [4.78, 5) is 11.5. The summed E-state index contributed by atoms with van der Waals surface area (Å²) < 4.78 is 10.8. The Morgan fingerprint density at radius 3 is 2.20 bits per heavy atom. The van der Waals surface area contributed by atoms with Crippen molar-refractivity contribution in [2.45, 2.75) is 65.3 Å². The first-order valence-electron chi connectivity index (χ1n) is 5.84. The third-order valence-corrected chi connectivity index (χ3v) is 2.33. The van der Waals surface area contributed by atoms with Crippen molar-refractivity contribution in [3.05, 3.63) is 0 Å². The maximum absolute atomic E-state index is 11.5. The molecule has 0 bridgehead atoms. The van der Waals surface area contributed by atoms with Gasteiger partial charge in [-0.2, -0.15) is 0 Å². The third-order valence-electron chi connectivity index (χ3n) is 2.33. The minimum absolute atomic E-state index is 0.0311. The molecule has 0 radical (unpaired) electrons. The Hall–Kier alpha value is -0.570. The highest BCUT2D eigenvalue weighted by atomic mass is 16.5. The van der Waals surface area contributed by atoms with Crippen molar-refractivity contribution in [1.29, 1.82) is 0 Å². The SMILES string of the molecule is CC(C)OC(=O)CC(OC(C)C)C1CC1. The summed E-state index contributed by atoms with van der Waals surface area (Å²) >= 11 is 0. The Labute approximate surface area is 92.1 Å². The van der Waals surface area contributed by atoms with Crippen molar-refractivity contribution in [3.63, 3.8) is 0 Å². The highest BCUT2D eigenvalue weighted by Gasteiger charge is 2.34. The molecule has 1 aliphatic carbocycles. The molecule has 0 spiro atoms. The van der Waals surface area contributed by atoms with Crippen LogP contribution in [0.2, 0.25) is 0 Å². The summed E-state index contributed by atoms with van der Waals surface area (Å²) in [5.41, 5.74) is 0. The number of hydrogen-bond acceptors (Lipinski definition) is 3. The largest absolute Gasteiger partial charge is 0.463 e. The minimum Gasteiger partial charge on any atom is -0.463 e. The molecule has 0 aromatic rings. The second-order valence-electron chi connectivity index (χ2n) is 4.80. The van der Waals surface area contributed by atoms with Crippen molar-refractivity contribution < 1.29 is 14.3 Å². The van der Waals surface area contributed by atoms with E-state index in [1.54, 1.807) is 0 Å². The van der Waals surface area contributed by atoms with Crippen molar-refractivity contribution >= 4 is 5.97 Å². The first-order valence-corrected chi connectivity index (χ1v) is 5.84.